The van der Waals surface area contributed by atoms with Gasteiger partial charge in [-0.25, -0.2) is 4.79 Å². The van der Waals surface area contributed by atoms with Crippen LogP contribution in [0.5, 0.6) is 0 Å². The summed E-state index contributed by atoms with van der Waals surface area (Å²) in [6.45, 7) is 10.2. The van der Waals surface area contributed by atoms with Gasteiger partial charge in [0, 0.05) is 32.7 Å². The molecule has 1 fully saturated rings. The van der Waals surface area contributed by atoms with Crippen LogP contribution in [0.15, 0.2) is 0 Å². The predicted octanol–water partition coefficient (Wildman–Crippen LogP) is 1.42. The lowest BCUT2D eigenvalue weighted by molar-refractivity contribution is -0.137. The molecule has 0 spiro atoms. The van der Waals surface area contributed by atoms with Crippen molar-refractivity contribution in [2.45, 2.75) is 39.2 Å². The molecule has 128 valence electrons. The minimum atomic E-state index is -0.915. The van der Waals surface area contributed by atoms with Crippen LogP contribution in [0.2, 0.25) is 0 Å². The van der Waals surface area contributed by atoms with Gasteiger partial charge in [0.15, 0.2) is 0 Å². The Hall–Kier alpha value is -1.34. The van der Waals surface area contributed by atoms with Gasteiger partial charge < -0.3 is 19.5 Å². The van der Waals surface area contributed by atoms with Gasteiger partial charge in [-0.15, -0.1) is 0 Å². The highest BCUT2D eigenvalue weighted by Gasteiger charge is 2.22. The number of carbonyl (C=O) groups excluding carboxylic acids is 1. The molecule has 22 heavy (non-hydrogen) atoms. The third kappa shape index (κ3) is 8.19. The van der Waals surface area contributed by atoms with E-state index in [1.54, 1.807) is 20.8 Å². The van der Waals surface area contributed by atoms with Crippen molar-refractivity contribution in [2.24, 2.45) is 0 Å². The Kier molecular flexibility index (Phi) is 7.61. The summed E-state index contributed by atoms with van der Waals surface area (Å²) in [4.78, 5) is 26.6. The van der Waals surface area contributed by atoms with E-state index in [1.807, 2.05) is 0 Å². The van der Waals surface area contributed by atoms with E-state index in [0.717, 1.165) is 39.3 Å². The molecule has 0 atom stereocenters. The van der Waals surface area contributed by atoms with Gasteiger partial charge in [0.25, 0.3) is 0 Å². The summed E-state index contributed by atoms with van der Waals surface area (Å²) in [6.07, 6.45) is 0.270. The Morgan fingerprint density at radius 3 is 2.41 bits per heavy atom. The summed E-state index contributed by atoms with van der Waals surface area (Å²) in [5.74, 6) is -0.915. The number of amides is 1. The second-order valence-corrected chi connectivity index (χ2v) is 6.42. The second-order valence-electron chi connectivity index (χ2n) is 6.42. The molecule has 7 nitrogen and oxygen atoms in total. The van der Waals surface area contributed by atoms with Gasteiger partial charge in [-0.2, -0.15) is 0 Å². The zero-order valence-electron chi connectivity index (χ0n) is 13.8. The number of aliphatic carboxylic acids is 1. The van der Waals surface area contributed by atoms with Crippen LogP contribution in [0.25, 0.3) is 0 Å². The highest BCUT2D eigenvalue weighted by molar-refractivity contribution is 5.70. The van der Waals surface area contributed by atoms with Crippen molar-refractivity contribution in [3.63, 3.8) is 0 Å². The summed E-state index contributed by atoms with van der Waals surface area (Å²) in [5, 5.41) is 8.81. The van der Waals surface area contributed by atoms with Crippen molar-refractivity contribution in [1.29, 1.82) is 0 Å². The van der Waals surface area contributed by atoms with Crippen LogP contribution in [0, 0.1) is 0 Å². The number of morpholine rings is 1. The molecule has 1 aliphatic rings. The van der Waals surface area contributed by atoms with Crippen molar-refractivity contribution >= 4 is 12.1 Å². The first-order valence-electron chi connectivity index (χ1n) is 7.78. The third-order valence-corrected chi connectivity index (χ3v) is 3.25. The molecule has 0 unspecified atom stereocenters. The second kappa shape index (κ2) is 8.95. The summed E-state index contributed by atoms with van der Waals surface area (Å²) in [5.41, 5.74) is -0.581. The van der Waals surface area contributed by atoms with Crippen molar-refractivity contribution in [3.8, 4) is 0 Å². The van der Waals surface area contributed by atoms with E-state index in [9.17, 15) is 9.59 Å². The zero-order valence-corrected chi connectivity index (χ0v) is 13.8. The Balaban J connectivity index is 2.42. The first kappa shape index (κ1) is 18.7. The normalized spacial score (nSPS) is 16.3. The summed E-state index contributed by atoms with van der Waals surface area (Å²) >= 11 is 0. The largest absolute Gasteiger partial charge is 0.481 e. The molecule has 1 rings (SSSR count). The Bertz CT molecular complexity index is 361. The van der Waals surface area contributed by atoms with Gasteiger partial charge in [-0.05, 0) is 27.2 Å². The Morgan fingerprint density at radius 2 is 1.86 bits per heavy atom. The molecule has 0 bridgehead atoms. The fourth-order valence-corrected chi connectivity index (χ4v) is 2.16. The molecular weight excluding hydrogens is 288 g/mol. The number of rotatable bonds is 7. The zero-order chi connectivity index (χ0) is 16.6. The van der Waals surface area contributed by atoms with Crippen molar-refractivity contribution in [2.75, 3.05) is 45.9 Å². The minimum Gasteiger partial charge on any atom is -0.481 e. The molecule has 1 N–H and O–H groups in total. The fraction of sp³-hybridized carbons (Fsp3) is 0.867. The number of carboxylic acid groups (broad SMARTS) is 1. The predicted molar refractivity (Wildman–Crippen MR) is 81.9 cm³/mol. The van der Waals surface area contributed by atoms with Crippen molar-refractivity contribution in [1.82, 2.24) is 9.80 Å². The van der Waals surface area contributed by atoms with Gasteiger partial charge >= 0.3 is 12.1 Å². The molecule has 1 saturated heterocycles. The molecule has 0 saturated carbocycles. The van der Waals surface area contributed by atoms with E-state index in [-0.39, 0.29) is 13.0 Å². The first-order chi connectivity index (χ1) is 10.3. The lowest BCUT2D eigenvalue weighted by atomic mass is 10.2. The van der Waals surface area contributed by atoms with Crippen LogP contribution in [0.1, 0.15) is 33.6 Å². The number of hydrogen-bond acceptors (Lipinski definition) is 5. The quantitative estimate of drug-likeness (QED) is 0.765. The van der Waals surface area contributed by atoms with Crippen molar-refractivity contribution in [3.05, 3.63) is 0 Å². The maximum absolute atomic E-state index is 12.1. The van der Waals surface area contributed by atoms with Crippen LogP contribution in [-0.4, -0.2) is 78.5 Å². The number of hydrogen-bond donors (Lipinski definition) is 1. The van der Waals surface area contributed by atoms with Crippen LogP contribution in [-0.2, 0) is 14.3 Å². The number of nitrogens with zero attached hydrogens (tertiary/aromatic N) is 2. The van der Waals surface area contributed by atoms with E-state index in [2.05, 4.69) is 4.90 Å². The van der Waals surface area contributed by atoms with E-state index >= 15 is 0 Å². The summed E-state index contributed by atoms with van der Waals surface area (Å²) < 4.78 is 10.6. The van der Waals surface area contributed by atoms with Gasteiger partial charge in [-0.3, -0.25) is 9.69 Å². The van der Waals surface area contributed by atoms with Gasteiger partial charge in [0.1, 0.15) is 5.60 Å². The smallest absolute Gasteiger partial charge is 0.410 e. The standard InChI is InChI=1S/C15H28N2O5/c1-15(2,3)22-14(20)17(8-5-13(18)19)7-4-6-16-9-11-21-12-10-16/h4-12H2,1-3H3,(H,18,19). The summed E-state index contributed by atoms with van der Waals surface area (Å²) in [7, 11) is 0. The van der Waals surface area contributed by atoms with Gasteiger partial charge in [-0.1, -0.05) is 0 Å². The number of carbonyl (C=O) groups is 2. The monoisotopic (exact) mass is 316 g/mol. The molecule has 1 amide bonds. The molecule has 0 radical (unpaired) electrons. The highest BCUT2D eigenvalue weighted by Crippen LogP contribution is 2.11. The average Bonchev–Trinajstić information content (AvgIpc) is 2.41. The van der Waals surface area contributed by atoms with Gasteiger partial charge in [0.05, 0.1) is 19.6 Å². The van der Waals surface area contributed by atoms with Gasteiger partial charge in [0.2, 0.25) is 0 Å². The van der Waals surface area contributed by atoms with Crippen LogP contribution in [0.3, 0.4) is 0 Å². The van der Waals surface area contributed by atoms with E-state index in [0.29, 0.717) is 6.54 Å². The minimum absolute atomic E-state index is 0.0726. The molecule has 1 heterocycles. The van der Waals surface area contributed by atoms with Crippen LogP contribution < -0.4 is 0 Å². The lowest BCUT2D eigenvalue weighted by Crippen LogP contribution is -2.41. The maximum atomic E-state index is 12.1. The number of carboxylic acids is 1. The Morgan fingerprint density at radius 1 is 1.23 bits per heavy atom. The molecule has 0 aliphatic carbocycles. The van der Waals surface area contributed by atoms with Crippen molar-refractivity contribution < 1.29 is 24.2 Å². The molecule has 0 aromatic rings. The molecular formula is C15H28N2O5. The fourth-order valence-electron chi connectivity index (χ4n) is 2.16. The Labute approximate surface area is 132 Å². The third-order valence-electron chi connectivity index (χ3n) is 3.25. The van der Waals surface area contributed by atoms with Crippen LogP contribution in [0.4, 0.5) is 4.79 Å². The molecule has 0 aromatic carbocycles. The number of ether oxygens (including phenoxy) is 2. The lowest BCUT2D eigenvalue weighted by Gasteiger charge is -2.29. The van der Waals surface area contributed by atoms with E-state index in [1.165, 1.54) is 4.90 Å². The molecule has 0 aromatic heterocycles. The SMILES string of the molecule is CC(C)(C)OC(=O)N(CCCN1CCOCC1)CCC(=O)O. The first-order valence-corrected chi connectivity index (χ1v) is 7.78. The van der Waals surface area contributed by atoms with Crippen LogP contribution >= 0.6 is 0 Å². The maximum Gasteiger partial charge on any atom is 0.410 e. The molecule has 1 aliphatic heterocycles. The van der Waals surface area contributed by atoms with E-state index < -0.39 is 17.7 Å². The average molecular weight is 316 g/mol. The highest BCUT2D eigenvalue weighted by atomic mass is 16.6. The van der Waals surface area contributed by atoms with E-state index in [4.69, 9.17) is 14.6 Å². The topological polar surface area (TPSA) is 79.3 Å². The molecule has 7 heteroatoms. The summed E-state index contributed by atoms with van der Waals surface area (Å²) in [6, 6.07) is 0.